The van der Waals surface area contributed by atoms with Crippen LogP contribution in [0.5, 0.6) is 0 Å². The highest BCUT2D eigenvalue weighted by molar-refractivity contribution is 5.98. The van der Waals surface area contributed by atoms with Crippen molar-refractivity contribution in [1.82, 2.24) is 10.5 Å². The number of benzene rings is 1. The van der Waals surface area contributed by atoms with Crippen LogP contribution in [0.15, 0.2) is 34.9 Å². The highest BCUT2D eigenvalue weighted by Gasteiger charge is 2.08. The van der Waals surface area contributed by atoms with E-state index in [0.717, 1.165) is 11.3 Å². The summed E-state index contributed by atoms with van der Waals surface area (Å²) in [6, 6.07) is 9.16. The minimum absolute atomic E-state index is 0.219. The summed E-state index contributed by atoms with van der Waals surface area (Å²) in [5.41, 5.74) is 2.53. The third-order valence-corrected chi connectivity index (χ3v) is 2.94. The topological polar surface area (TPSA) is 79.2 Å². The van der Waals surface area contributed by atoms with Crippen LogP contribution in [0.2, 0.25) is 0 Å². The minimum Gasteiger partial charge on any atom is -0.338 e. The summed E-state index contributed by atoms with van der Waals surface area (Å²) < 4.78 is 4.92. The number of hydrogen-bond acceptors (Lipinski definition) is 4. The molecule has 3 N–H and O–H groups in total. The maximum absolute atomic E-state index is 11.8. The normalized spacial score (nSPS) is 11.9. The molecule has 20 heavy (non-hydrogen) atoms. The highest BCUT2D eigenvalue weighted by atomic mass is 16.5. The Kier molecular flexibility index (Phi) is 4.37. The lowest BCUT2D eigenvalue weighted by atomic mass is 10.1. The molecule has 0 spiro atoms. The summed E-state index contributed by atoms with van der Waals surface area (Å²) in [4.78, 5) is 11.8. The Morgan fingerprint density at radius 2 is 2.10 bits per heavy atom. The predicted molar refractivity (Wildman–Crippen MR) is 77.8 cm³/mol. The molecule has 0 radical (unpaired) electrons. The average molecular weight is 274 g/mol. The predicted octanol–water partition coefficient (Wildman–Crippen LogP) is 2.91. The minimum atomic E-state index is -0.365. The lowest BCUT2D eigenvalue weighted by Crippen LogP contribution is -2.19. The molecule has 0 fully saturated rings. The number of anilines is 2. The first-order valence-corrected chi connectivity index (χ1v) is 6.37. The molecule has 2 aromatic rings. The molecule has 0 saturated heterocycles. The van der Waals surface area contributed by atoms with Crippen LogP contribution >= 0.6 is 0 Å². The number of nitrogens with zero attached hydrogens (tertiary/aromatic N) is 1. The lowest BCUT2D eigenvalue weighted by molar-refractivity contribution is 0.261. The Morgan fingerprint density at radius 3 is 2.75 bits per heavy atom. The van der Waals surface area contributed by atoms with E-state index < -0.39 is 0 Å². The van der Waals surface area contributed by atoms with E-state index >= 15 is 0 Å². The Bertz CT molecular complexity index is 594. The van der Waals surface area contributed by atoms with E-state index in [2.05, 4.69) is 28.0 Å². The number of urea groups is 1. The summed E-state index contributed by atoms with van der Waals surface area (Å²) in [5, 5.41) is 12.2. The van der Waals surface area contributed by atoms with Gasteiger partial charge in [0.25, 0.3) is 0 Å². The van der Waals surface area contributed by atoms with Crippen molar-refractivity contribution in [3.05, 3.63) is 41.6 Å². The second-order valence-electron chi connectivity index (χ2n) is 4.55. The van der Waals surface area contributed by atoms with Crippen molar-refractivity contribution >= 4 is 17.6 Å². The molecule has 6 heteroatoms. The first-order chi connectivity index (χ1) is 9.58. The zero-order valence-electron chi connectivity index (χ0n) is 11.7. The van der Waals surface area contributed by atoms with Gasteiger partial charge in [0.15, 0.2) is 0 Å². The van der Waals surface area contributed by atoms with Gasteiger partial charge < -0.3 is 15.2 Å². The molecule has 0 bridgehead atoms. The summed E-state index contributed by atoms with van der Waals surface area (Å²) in [7, 11) is 1.89. The van der Waals surface area contributed by atoms with Gasteiger partial charge in [-0.15, -0.1) is 0 Å². The van der Waals surface area contributed by atoms with Crippen LogP contribution in [-0.2, 0) is 0 Å². The van der Waals surface area contributed by atoms with Gasteiger partial charge in [-0.05, 0) is 38.6 Å². The molecule has 2 amide bonds. The molecular formula is C14H18N4O2. The third-order valence-electron chi connectivity index (χ3n) is 2.94. The zero-order chi connectivity index (χ0) is 14.5. The lowest BCUT2D eigenvalue weighted by Gasteiger charge is -2.12. The van der Waals surface area contributed by atoms with Crippen molar-refractivity contribution in [1.29, 1.82) is 0 Å². The summed E-state index contributed by atoms with van der Waals surface area (Å²) >= 11 is 0. The summed E-state index contributed by atoms with van der Waals surface area (Å²) in [5.74, 6) is 0.319. The average Bonchev–Trinajstić information content (AvgIpc) is 2.83. The number of amides is 2. The maximum atomic E-state index is 11.8. The van der Waals surface area contributed by atoms with E-state index in [-0.39, 0.29) is 12.1 Å². The molecule has 0 aliphatic rings. The fourth-order valence-electron chi connectivity index (χ4n) is 1.75. The van der Waals surface area contributed by atoms with Crippen molar-refractivity contribution < 1.29 is 9.32 Å². The first kappa shape index (κ1) is 14.1. The van der Waals surface area contributed by atoms with Gasteiger partial charge in [-0.25, -0.2) is 4.79 Å². The Balaban J connectivity index is 2.00. The standard InChI is InChI=1S/C14H18N4O2/c1-9-7-13(20-18-9)17-14(19)16-12-6-4-5-11(8-12)10(2)15-3/h4-8,10,15H,1-3H3,(H2,16,17,19). The Morgan fingerprint density at radius 1 is 1.30 bits per heavy atom. The van der Waals surface area contributed by atoms with Crippen LogP contribution in [-0.4, -0.2) is 18.2 Å². The van der Waals surface area contributed by atoms with Gasteiger partial charge in [-0.1, -0.05) is 17.3 Å². The molecule has 1 heterocycles. The maximum Gasteiger partial charge on any atom is 0.326 e. The number of rotatable bonds is 4. The second kappa shape index (κ2) is 6.21. The summed E-state index contributed by atoms with van der Waals surface area (Å²) in [6.45, 7) is 3.84. The molecule has 1 atom stereocenters. The van der Waals surface area contributed by atoms with E-state index in [0.29, 0.717) is 11.6 Å². The van der Waals surface area contributed by atoms with Gasteiger partial charge in [0.2, 0.25) is 5.88 Å². The SMILES string of the molecule is CNC(C)c1cccc(NC(=O)Nc2cc(C)no2)c1. The number of hydrogen-bond donors (Lipinski definition) is 3. The fourth-order valence-corrected chi connectivity index (χ4v) is 1.75. The van der Waals surface area contributed by atoms with Gasteiger partial charge in [-0.3, -0.25) is 5.32 Å². The fraction of sp³-hybridized carbons (Fsp3) is 0.286. The van der Waals surface area contributed by atoms with Crippen molar-refractivity contribution in [2.24, 2.45) is 0 Å². The van der Waals surface area contributed by atoms with Crippen LogP contribution in [0.25, 0.3) is 0 Å². The molecule has 0 aliphatic carbocycles. The monoisotopic (exact) mass is 274 g/mol. The number of nitrogens with one attached hydrogen (secondary N) is 3. The largest absolute Gasteiger partial charge is 0.338 e. The molecular weight excluding hydrogens is 256 g/mol. The Labute approximate surface area is 117 Å². The molecule has 2 rings (SSSR count). The molecule has 1 aromatic heterocycles. The van der Waals surface area contributed by atoms with Crippen LogP contribution in [0, 0.1) is 6.92 Å². The molecule has 0 aliphatic heterocycles. The van der Waals surface area contributed by atoms with E-state index in [9.17, 15) is 4.79 Å². The quantitative estimate of drug-likeness (QED) is 0.801. The van der Waals surface area contributed by atoms with Crippen molar-refractivity contribution in [3.8, 4) is 0 Å². The number of carbonyl (C=O) groups is 1. The van der Waals surface area contributed by atoms with E-state index in [1.165, 1.54) is 0 Å². The van der Waals surface area contributed by atoms with Crippen LogP contribution in [0.4, 0.5) is 16.4 Å². The highest BCUT2D eigenvalue weighted by Crippen LogP contribution is 2.17. The molecule has 106 valence electrons. The van der Waals surface area contributed by atoms with Gasteiger partial charge >= 0.3 is 6.03 Å². The second-order valence-corrected chi connectivity index (χ2v) is 4.55. The van der Waals surface area contributed by atoms with Crippen LogP contribution in [0.1, 0.15) is 24.2 Å². The van der Waals surface area contributed by atoms with E-state index in [1.54, 1.807) is 13.0 Å². The van der Waals surface area contributed by atoms with Gasteiger partial charge in [0, 0.05) is 17.8 Å². The third kappa shape index (κ3) is 3.58. The number of carbonyl (C=O) groups excluding carboxylic acids is 1. The molecule has 6 nitrogen and oxygen atoms in total. The number of aryl methyl sites for hydroxylation is 1. The molecule has 1 unspecified atom stereocenters. The van der Waals surface area contributed by atoms with Crippen LogP contribution < -0.4 is 16.0 Å². The zero-order valence-corrected chi connectivity index (χ0v) is 11.7. The summed E-state index contributed by atoms with van der Waals surface area (Å²) in [6.07, 6.45) is 0. The molecule has 1 aromatic carbocycles. The van der Waals surface area contributed by atoms with Gasteiger partial charge in [0.05, 0.1) is 5.69 Å². The van der Waals surface area contributed by atoms with Crippen molar-refractivity contribution in [3.63, 3.8) is 0 Å². The van der Waals surface area contributed by atoms with Gasteiger partial charge in [-0.2, -0.15) is 0 Å². The van der Waals surface area contributed by atoms with E-state index in [1.807, 2.05) is 31.3 Å². The first-order valence-electron chi connectivity index (χ1n) is 6.37. The Hall–Kier alpha value is -2.34. The molecule has 0 saturated carbocycles. The smallest absolute Gasteiger partial charge is 0.326 e. The van der Waals surface area contributed by atoms with Crippen molar-refractivity contribution in [2.75, 3.05) is 17.7 Å². The van der Waals surface area contributed by atoms with Gasteiger partial charge in [0.1, 0.15) is 0 Å². The number of aromatic nitrogens is 1. The van der Waals surface area contributed by atoms with E-state index in [4.69, 9.17) is 4.52 Å². The van der Waals surface area contributed by atoms with Crippen molar-refractivity contribution in [2.45, 2.75) is 19.9 Å². The van der Waals surface area contributed by atoms with Crippen LogP contribution in [0.3, 0.4) is 0 Å².